The molecule has 18 nitrogen and oxygen atoms in total. The van der Waals surface area contributed by atoms with E-state index in [1.54, 1.807) is 101 Å². The highest BCUT2D eigenvalue weighted by Crippen LogP contribution is 2.44. The zero-order valence-corrected chi connectivity index (χ0v) is 40.0. The Kier molecular flexibility index (Phi) is 14.5. The summed E-state index contributed by atoms with van der Waals surface area (Å²) in [5.41, 5.74) is 8.04. The first kappa shape index (κ1) is 48.3. The molecule has 352 valence electrons. The molecule has 21 heteroatoms. The number of nitrogens with one attached hydrogen (secondary N) is 1. The van der Waals surface area contributed by atoms with E-state index in [2.05, 4.69) is 20.6 Å². The average molecular weight is 971 g/mol. The van der Waals surface area contributed by atoms with Crippen LogP contribution in [0.25, 0.3) is 32.7 Å². The van der Waals surface area contributed by atoms with E-state index in [9.17, 15) is 18.3 Å². The highest BCUT2D eigenvalue weighted by Gasteiger charge is 2.39. The number of ether oxygens (including phenoxy) is 4. The van der Waals surface area contributed by atoms with Crippen LogP contribution in [-0.4, -0.2) is 103 Å². The molecule has 2 heterocycles. The zero-order valence-electron chi connectivity index (χ0n) is 37.5. The first-order valence-corrected chi connectivity index (χ1v) is 24.7. The number of anilines is 1. The summed E-state index contributed by atoms with van der Waals surface area (Å²) in [4.78, 5) is 17.0. The predicted octanol–water partition coefficient (Wildman–Crippen LogP) is 6.32. The van der Waals surface area contributed by atoms with Gasteiger partial charge in [-0.1, -0.05) is 65.9 Å². The van der Waals surface area contributed by atoms with Gasteiger partial charge in [0.05, 0.1) is 60.4 Å². The van der Waals surface area contributed by atoms with Crippen molar-refractivity contribution in [3.63, 3.8) is 0 Å². The van der Waals surface area contributed by atoms with E-state index < -0.39 is 59.7 Å². The second kappa shape index (κ2) is 20.1. The van der Waals surface area contributed by atoms with Crippen LogP contribution in [0.5, 0.6) is 17.2 Å². The molecule has 0 spiro atoms. The van der Waals surface area contributed by atoms with Crippen molar-refractivity contribution in [2.45, 2.75) is 61.9 Å². The standard InChI is InChI=1S/C46H50N8O10S3/c1-46(2,3)64-45(56)48-24-32(55)28-66(57,58)39-23-22-36(37-8-7-9-38-41(37)49-44(47)65-38)40(43-50-52-54(51-43)27-31-14-20-35(63-6)21-15-31)42(39)67(59,60)53(25-29-10-16-33(61-4)17-11-29)26-30-12-18-34(62-5)19-13-30/h7-23,32,55H,24-28H2,1-6H3,(H2,47,49)(H,48,56). The number of sulfone groups is 1. The van der Waals surface area contributed by atoms with E-state index in [1.807, 2.05) is 18.2 Å². The second-order valence-electron chi connectivity index (χ2n) is 16.3. The second-order valence-corrected chi connectivity index (χ2v) is 21.2. The lowest BCUT2D eigenvalue weighted by Gasteiger charge is -2.26. The number of nitrogens with two attached hydrogens (primary N) is 1. The Hall–Kier alpha value is -6.65. The average Bonchev–Trinajstić information content (AvgIpc) is 3.93. The summed E-state index contributed by atoms with van der Waals surface area (Å²) in [6, 6.07) is 28.6. The van der Waals surface area contributed by atoms with Gasteiger partial charge in [-0.2, -0.15) is 9.10 Å². The maximum absolute atomic E-state index is 16.0. The number of sulfonamides is 1. The van der Waals surface area contributed by atoms with Crippen molar-refractivity contribution in [2.75, 3.05) is 39.4 Å². The Balaban J connectivity index is 1.47. The van der Waals surface area contributed by atoms with Crippen molar-refractivity contribution in [2.24, 2.45) is 0 Å². The van der Waals surface area contributed by atoms with E-state index in [1.165, 1.54) is 42.5 Å². The number of hydrogen-bond donors (Lipinski definition) is 3. The summed E-state index contributed by atoms with van der Waals surface area (Å²) in [6.45, 7) is 4.05. The lowest BCUT2D eigenvalue weighted by atomic mass is 9.98. The fourth-order valence-corrected chi connectivity index (χ4v) is 11.7. The molecule has 7 rings (SSSR count). The van der Waals surface area contributed by atoms with Gasteiger partial charge in [-0.05, 0) is 96.8 Å². The number of thiazole rings is 1. The number of aliphatic hydroxyl groups excluding tert-OH is 1. The molecule has 0 aliphatic rings. The summed E-state index contributed by atoms with van der Waals surface area (Å²) >= 11 is 1.22. The Morgan fingerprint density at radius 2 is 1.37 bits per heavy atom. The highest BCUT2D eigenvalue weighted by atomic mass is 32.2. The van der Waals surface area contributed by atoms with Crippen LogP contribution in [0.4, 0.5) is 9.93 Å². The minimum atomic E-state index is -4.99. The van der Waals surface area contributed by atoms with Crippen LogP contribution in [-0.2, 0) is 44.2 Å². The number of nitrogens with zero attached hydrogens (tertiary/aromatic N) is 6. The Morgan fingerprint density at radius 3 is 1.93 bits per heavy atom. The van der Waals surface area contributed by atoms with Crippen LogP contribution >= 0.6 is 11.3 Å². The molecule has 0 saturated heterocycles. The minimum absolute atomic E-state index is 0.0997. The lowest BCUT2D eigenvalue weighted by Crippen LogP contribution is -2.39. The summed E-state index contributed by atoms with van der Waals surface area (Å²) in [7, 11) is -5.20. The number of tetrazole rings is 1. The van der Waals surface area contributed by atoms with Crippen LogP contribution in [0.2, 0.25) is 0 Å². The first-order valence-electron chi connectivity index (χ1n) is 20.7. The molecule has 0 aliphatic carbocycles. The number of nitrogen functional groups attached to an aromatic ring is 1. The molecule has 1 unspecified atom stereocenters. The summed E-state index contributed by atoms with van der Waals surface area (Å²) in [5, 5.41) is 27.2. The molecule has 1 atom stereocenters. The molecule has 1 amide bonds. The fourth-order valence-electron chi connectivity index (χ4n) is 7.14. The quantitative estimate of drug-likeness (QED) is 0.0852. The topological polar surface area (TPSA) is 240 Å². The van der Waals surface area contributed by atoms with Gasteiger partial charge in [0.15, 0.2) is 15.0 Å². The molecule has 0 saturated carbocycles. The van der Waals surface area contributed by atoms with Gasteiger partial charge in [-0.15, -0.1) is 10.2 Å². The number of carbonyl (C=O) groups is 1. The van der Waals surface area contributed by atoms with Crippen LogP contribution in [0.1, 0.15) is 37.5 Å². The zero-order chi connectivity index (χ0) is 48.1. The van der Waals surface area contributed by atoms with E-state index in [0.717, 1.165) is 9.87 Å². The molecule has 7 aromatic rings. The van der Waals surface area contributed by atoms with Crippen molar-refractivity contribution in [3.05, 3.63) is 120 Å². The van der Waals surface area contributed by atoms with E-state index >= 15 is 8.42 Å². The maximum atomic E-state index is 16.0. The number of fused-ring (bicyclic) bond motifs is 1. The van der Waals surface area contributed by atoms with Crippen molar-refractivity contribution in [1.82, 2.24) is 34.8 Å². The number of benzene rings is 5. The molecule has 0 bridgehead atoms. The number of hydrogen-bond acceptors (Lipinski definition) is 16. The molecule has 0 radical (unpaired) electrons. The minimum Gasteiger partial charge on any atom is -0.497 e. The van der Waals surface area contributed by atoms with Gasteiger partial charge in [0.25, 0.3) is 0 Å². The van der Waals surface area contributed by atoms with Gasteiger partial charge in [-0.25, -0.2) is 26.6 Å². The van der Waals surface area contributed by atoms with Crippen LogP contribution in [0.3, 0.4) is 0 Å². The summed E-state index contributed by atoms with van der Waals surface area (Å²) in [6.07, 6.45) is -2.59. The number of para-hydroxylation sites is 1. The first-order chi connectivity index (χ1) is 31.9. The van der Waals surface area contributed by atoms with E-state index in [4.69, 9.17) is 29.8 Å². The third-order valence-electron chi connectivity index (χ3n) is 10.3. The van der Waals surface area contributed by atoms with Crippen molar-refractivity contribution >= 4 is 52.6 Å². The lowest BCUT2D eigenvalue weighted by molar-refractivity contribution is 0.0498. The highest BCUT2D eigenvalue weighted by molar-refractivity contribution is 7.93. The van der Waals surface area contributed by atoms with Gasteiger partial charge >= 0.3 is 6.09 Å². The smallest absolute Gasteiger partial charge is 0.407 e. The molecule has 0 aliphatic heterocycles. The molecule has 4 N–H and O–H groups in total. The van der Waals surface area contributed by atoms with Crippen molar-refractivity contribution in [1.29, 1.82) is 0 Å². The number of alkyl carbamates (subject to hydrolysis) is 1. The third-order valence-corrected chi connectivity index (χ3v) is 15.0. The van der Waals surface area contributed by atoms with Gasteiger partial charge in [0, 0.05) is 25.2 Å². The number of amides is 1. The van der Waals surface area contributed by atoms with Crippen molar-refractivity contribution < 1.29 is 45.7 Å². The molecule has 2 aromatic heterocycles. The van der Waals surface area contributed by atoms with Crippen LogP contribution in [0.15, 0.2) is 113 Å². The van der Waals surface area contributed by atoms with Gasteiger partial charge < -0.3 is 35.1 Å². The molecule has 5 aromatic carbocycles. The summed E-state index contributed by atoms with van der Waals surface area (Å²) in [5.74, 6) is 0.482. The van der Waals surface area contributed by atoms with Gasteiger partial charge in [0.2, 0.25) is 15.8 Å². The normalized spacial score (nSPS) is 12.5. The molecular weight excluding hydrogens is 921 g/mol. The fraction of sp³-hybridized carbons (Fsp3) is 0.283. The number of aromatic nitrogens is 5. The predicted molar refractivity (Wildman–Crippen MR) is 253 cm³/mol. The third kappa shape index (κ3) is 11.5. The number of methoxy groups -OCH3 is 3. The number of rotatable bonds is 18. The Bertz CT molecular complexity index is 3030. The monoisotopic (exact) mass is 970 g/mol. The summed E-state index contributed by atoms with van der Waals surface area (Å²) < 4.78 is 85.0. The number of carbonyl (C=O) groups excluding carboxylic acids is 1. The van der Waals surface area contributed by atoms with Crippen LogP contribution in [0, 0.1) is 0 Å². The molecule has 0 fully saturated rings. The van der Waals surface area contributed by atoms with E-state index in [0.29, 0.717) is 44.2 Å². The largest absolute Gasteiger partial charge is 0.497 e. The maximum Gasteiger partial charge on any atom is 0.407 e. The molecule has 67 heavy (non-hydrogen) atoms. The van der Waals surface area contributed by atoms with Gasteiger partial charge in [0.1, 0.15) is 27.7 Å². The SMILES string of the molecule is COc1ccc(CN(Cc2ccc(OC)cc2)S(=O)(=O)c2c(S(=O)(=O)CC(O)CNC(=O)OC(C)(C)C)ccc(-c3cccc4sc(N)nc34)c2-c2nnn(Cc3ccc(OC)cc3)n2)cc1. The van der Waals surface area contributed by atoms with Crippen molar-refractivity contribution in [3.8, 4) is 39.8 Å². The molecular formula is C46H50N8O10S3. The van der Waals surface area contributed by atoms with Crippen LogP contribution < -0.4 is 25.3 Å². The number of aliphatic hydroxyl groups is 1. The van der Waals surface area contributed by atoms with E-state index in [-0.39, 0.29) is 41.7 Å². The Morgan fingerprint density at radius 1 is 0.806 bits per heavy atom. The van der Waals surface area contributed by atoms with Gasteiger partial charge in [-0.3, -0.25) is 0 Å². The Labute approximate surface area is 392 Å².